The molecular formula is C23H23NO6. The largest absolute Gasteiger partial charge is 0.481 e. The summed E-state index contributed by atoms with van der Waals surface area (Å²) in [6.45, 7) is 3.56. The molecule has 1 atom stereocenters. The van der Waals surface area contributed by atoms with Gasteiger partial charge in [0.2, 0.25) is 0 Å². The number of rotatable bonds is 9. The van der Waals surface area contributed by atoms with Crippen molar-refractivity contribution >= 4 is 18.0 Å². The molecule has 0 saturated carbocycles. The number of nitrogens with one attached hydrogen (secondary N) is 1. The second-order valence-electron chi connectivity index (χ2n) is 6.94. The van der Waals surface area contributed by atoms with Gasteiger partial charge in [-0.25, -0.2) is 4.79 Å². The molecule has 2 aromatic carbocycles. The van der Waals surface area contributed by atoms with Crippen LogP contribution < -0.4 is 5.32 Å². The maximum atomic E-state index is 12.3. The molecule has 0 bridgehead atoms. The average Bonchev–Trinajstić information content (AvgIpc) is 3.04. The molecule has 1 amide bonds. The fourth-order valence-electron chi connectivity index (χ4n) is 3.60. The van der Waals surface area contributed by atoms with Crippen molar-refractivity contribution in [3.8, 4) is 11.1 Å². The van der Waals surface area contributed by atoms with Gasteiger partial charge in [0.15, 0.2) is 0 Å². The molecule has 156 valence electrons. The summed E-state index contributed by atoms with van der Waals surface area (Å²) in [7, 11) is 0. The van der Waals surface area contributed by atoms with E-state index in [9.17, 15) is 14.4 Å². The van der Waals surface area contributed by atoms with Gasteiger partial charge in [-0.05, 0) is 22.3 Å². The molecule has 7 heteroatoms. The summed E-state index contributed by atoms with van der Waals surface area (Å²) in [4.78, 5) is 35.1. The van der Waals surface area contributed by atoms with Crippen molar-refractivity contribution < 1.29 is 29.0 Å². The van der Waals surface area contributed by atoms with Crippen molar-refractivity contribution in [2.75, 3.05) is 13.2 Å². The Morgan fingerprint density at radius 1 is 1.00 bits per heavy atom. The molecule has 2 N–H and O–H groups in total. The minimum Gasteiger partial charge on any atom is -0.481 e. The number of hydrogen-bond acceptors (Lipinski definition) is 5. The molecule has 1 aliphatic rings. The van der Waals surface area contributed by atoms with E-state index in [0.29, 0.717) is 0 Å². The van der Waals surface area contributed by atoms with Gasteiger partial charge in [-0.1, -0.05) is 61.2 Å². The highest BCUT2D eigenvalue weighted by atomic mass is 16.5. The first kappa shape index (κ1) is 21.1. The van der Waals surface area contributed by atoms with E-state index in [1.807, 2.05) is 48.5 Å². The van der Waals surface area contributed by atoms with Crippen molar-refractivity contribution in [2.24, 2.45) is 0 Å². The summed E-state index contributed by atoms with van der Waals surface area (Å²) >= 11 is 0. The number of carboxylic acid groups (broad SMARTS) is 1. The van der Waals surface area contributed by atoms with E-state index in [2.05, 4.69) is 11.9 Å². The third-order valence-electron chi connectivity index (χ3n) is 4.86. The van der Waals surface area contributed by atoms with E-state index in [0.717, 1.165) is 22.3 Å². The molecule has 1 aliphatic carbocycles. The monoisotopic (exact) mass is 409 g/mol. The van der Waals surface area contributed by atoms with Crippen LogP contribution in [0.25, 0.3) is 11.1 Å². The van der Waals surface area contributed by atoms with Crippen molar-refractivity contribution in [3.05, 3.63) is 72.3 Å². The smallest absolute Gasteiger partial charge is 0.407 e. The van der Waals surface area contributed by atoms with Crippen molar-refractivity contribution in [2.45, 2.75) is 24.8 Å². The van der Waals surface area contributed by atoms with Gasteiger partial charge < -0.3 is 19.9 Å². The Balaban J connectivity index is 1.63. The molecule has 0 aliphatic heterocycles. The predicted octanol–water partition coefficient (Wildman–Crippen LogP) is 3.49. The zero-order valence-corrected chi connectivity index (χ0v) is 16.4. The standard InChI is InChI=1S/C23H23NO6/c1-2-11-29-22(27)13-15(12-21(25)26)24-23(28)30-14-20-18-9-5-3-7-16(18)17-8-4-6-10-19(17)20/h2-10,15,20H,1,11-14H2,(H,24,28)(H,25,26)/t15-/m1/s1. The minimum absolute atomic E-state index is 0.0174. The Kier molecular flexibility index (Phi) is 6.85. The van der Waals surface area contributed by atoms with Gasteiger partial charge in [0.1, 0.15) is 13.2 Å². The number of carbonyl (C=O) groups excluding carboxylic acids is 2. The number of ether oxygens (including phenoxy) is 2. The van der Waals surface area contributed by atoms with E-state index in [-0.39, 0.29) is 25.6 Å². The van der Waals surface area contributed by atoms with E-state index in [1.165, 1.54) is 6.08 Å². The molecule has 0 unspecified atom stereocenters. The van der Waals surface area contributed by atoms with Crippen LogP contribution in [0.3, 0.4) is 0 Å². The highest BCUT2D eigenvalue weighted by Gasteiger charge is 2.29. The lowest BCUT2D eigenvalue weighted by Gasteiger charge is -2.18. The Morgan fingerprint density at radius 3 is 2.17 bits per heavy atom. The molecule has 30 heavy (non-hydrogen) atoms. The summed E-state index contributed by atoms with van der Waals surface area (Å²) in [6.07, 6.45) is -0.0690. The van der Waals surface area contributed by atoms with Gasteiger partial charge in [0, 0.05) is 5.92 Å². The highest BCUT2D eigenvalue weighted by Crippen LogP contribution is 2.44. The molecule has 2 aromatic rings. The second kappa shape index (κ2) is 9.73. The molecule has 3 rings (SSSR count). The molecule has 0 heterocycles. The second-order valence-corrected chi connectivity index (χ2v) is 6.94. The Hall–Kier alpha value is -3.61. The molecule has 0 spiro atoms. The van der Waals surface area contributed by atoms with Gasteiger partial charge in [-0.2, -0.15) is 0 Å². The van der Waals surface area contributed by atoms with Gasteiger partial charge in [-0.15, -0.1) is 0 Å². The maximum absolute atomic E-state index is 12.3. The molecular weight excluding hydrogens is 386 g/mol. The van der Waals surface area contributed by atoms with Crippen LogP contribution in [0, 0.1) is 0 Å². The fraction of sp³-hybridized carbons (Fsp3) is 0.261. The highest BCUT2D eigenvalue weighted by molar-refractivity contribution is 5.79. The van der Waals surface area contributed by atoms with Gasteiger partial charge in [0.05, 0.1) is 18.9 Å². The number of benzene rings is 2. The molecule has 0 saturated heterocycles. The molecule has 0 aromatic heterocycles. The number of alkyl carbamates (subject to hydrolysis) is 1. The average molecular weight is 409 g/mol. The summed E-state index contributed by atoms with van der Waals surface area (Å²) < 4.78 is 10.3. The SMILES string of the molecule is C=CCOC(=O)C[C@@H](CC(=O)O)NC(=O)OCC1c2ccccc2-c2ccccc21. The predicted molar refractivity (Wildman–Crippen MR) is 110 cm³/mol. The van der Waals surface area contributed by atoms with Crippen LogP contribution in [-0.2, 0) is 19.1 Å². The van der Waals surface area contributed by atoms with E-state index in [1.54, 1.807) is 0 Å². The number of hydrogen-bond donors (Lipinski definition) is 2. The first-order chi connectivity index (χ1) is 14.5. The zero-order chi connectivity index (χ0) is 21.5. The van der Waals surface area contributed by atoms with Crippen LogP contribution in [0.4, 0.5) is 4.79 Å². The number of fused-ring (bicyclic) bond motifs is 3. The number of aliphatic carboxylic acids is 1. The lowest BCUT2D eigenvalue weighted by molar-refractivity contribution is -0.143. The lowest BCUT2D eigenvalue weighted by atomic mass is 9.98. The number of amides is 1. The molecule has 0 radical (unpaired) electrons. The van der Waals surface area contributed by atoms with Gasteiger partial charge >= 0.3 is 18.0 Å². The van der Waals surface area contributed by atoms with Crippen molar-refractivity contribution in [1.82, 2.24) is 5.32 Å². The lowest BCUT2D eigenvalue weighted by Crippen LogP contribution is -2.39. The normalized spacial score (nSPS) is 12.9. The minimum atomic E-state index is -1.14. The topological polar surface area (TPSA) is 102 Å². The number of esters is 1. The van der Waals surface area contributed by atoms with Crippen molar-refractivity contribution in [1.29, 1.82) is 0 Å². The van der Waals surface area contributed by atoms with Crippen LogP contribution in [-0.4, -0.2) is 42.4 Å². The van der Waals surface area contributed by atoms with Crippen LogP contribution in [0.1, 0.15) is 29.9 Å². The van der Waals surface area contributed by atoms with E-state index >= 15 is 0 Å². The molecule has 7 nitrogen and oxygen atoms in total. The quantitative estimate of drug-likeness (QED) is 0.486. The Labute approximate surface area is 174 Å². The number of carboxylic acids is 1. The summed E-state index contributed by atoms with van der Waals surface area (Å²) in [5.41, 5.74) is 4.36. The zero-order valence-electron chi connectivity index (χ0n) is 16.4. The first-order valence-corrected chi connectivity index (χ1v) is 9.59. The Morgan fingerprint density at radius 2 is 1.60 bits per heavy atom. The van der Waals surface area contributed by atoms with Gasteiger partial charge in [0.25, 0.3) is 0 Å². The van der Waals surface area contributed by atoms with Crippen molar-refractivity contribution in [3.63, 3.8) is 0 Å². The summed E-state index contributed by atoms with van der Waals surface area (Å²) in [5.74, 6) is -1.88. The third-order valence-corrected chi connectivity index (χ3v) is 4.86. The Bertz CT molecular complexity index is 909. The fourth-order valence-corrected chi connectivity index (χ4v) is 3.60. The first-order valence-electron chi connectivity index (χ1n) is 9.59. The molecule has 0 fully saturated rings. The van der Waals surface area contributed by atoms with Crippen LogP contribution in [0.5, 0.6) is 0 Å². The number of carbonyl (C=O) groups is 3. The summed E-state index contributed by atoms with van der Waals surface area (Å²) in [5, 5.41) is 11.5. The summed E-state index contributed by atoms with van der Waals surface area (Å²) in [6, 6.07) is 15.0. The van der Waals surface area contributed by atoms with E-state index in [4.69, 9.17) is 14.6 Å². The van der Waals surface area contributed by atoms with Crippen LogP contribution in [0.2, 0.25) is 0 Å². The van der Waals surface area contributed by atoms with E-state index < -0.39 is 30.5 Å². The van der Waals surface area contributed by atoms with Crippen LogP contribution >= 0.6 is 0 Å². The maximum Gasteiger partial charge on any atom is 0.407 e. The third kappa shape index (κ3) is 5.05. The van der Waals surface area contributed by atoms with Crippen LogP contribution in [0.15, 0.2) is 61.2 Å². The van der Waals surface area contributed by atoms with Gasteiger partial charge in [-0.3, -0.25) is 9.59 Å².